The third kappa shape index (κ3) is 5.54. The van der Waals surface area contributed by atoms with E-state index in [1.165, 1.54) is 11.8 Å². The molecular weight excluding hydrogens is 412 g/mol. The lowest BCUT2D eigenvalue weighted by atomic mass is 10.2. The van der Waals surface area contributed by atoms with Crippen molar-refractivity contribution in [3.63, 3.8) is 0 Å². The van der Waals surface area contributed by atoms with Crippen LogP contribution in [0.3, 0.4) is 0 Å². The highest BCUT2D eigenvalue weighted by Gasteiger charge is 2.11. The molecular formula is C17H16BrClN2O2S. The SMILES string of the molecule is CSc1ccc(Cl)c(C(=O)NCCC(=O)Nc2ccc(Br)cc2)c1. The molecule has 24 heavy (non-hydrogen) atoms. The highest BCUT2D eigenvalue weighted by molar-refractivity contribution is 9.10. The van der Waals surface area contributed by atoms with Gasteiger partial charge in [-0.1, -0.05) is 27.5 Å². The highest BCUT2D eigenvalue weighted by Crippen LogP contribution is 2.22. The second kappa shape index (κ2) is 9.11. The number of amides is 2. The first-order valence-electron chi connectivity index (χ1n) is 7.17. The van der Waals surface area contributed by atoms with Crippen LogP contribution in [0.4, 0.5) is 5.69 Å². The zero-order valence-corrected chi connectivity index (χ0v) is 16.1. The summed E-state index contributed by atoms with van der Waals surface area (Å²) in [4.78, 5) is 25.0. The van der Waals surface area contributed by atoms with Crippen molar-refractivity contribution in [2.45, 2.75) is 11.3 Å². The van der Waals surface area contributed by atoms with Gasteiger partial charge in [0.25, 0.3) is 5.91 Å². The molecule has 0 spiro atoms. The van der Waals surface area contributed by atoms with Crippen molar-refractivity contribution in [1.82, 2.24) is 5.32 Å². The molecule has 0 saturated carbocycles. The van der Waals surface area contributed by atoms with Crippen LogP contribution in [0.25, 0.3) is 0 Å². The second-order valence-electron chi connectivity index (χ2n) is 4.91. The lowest BCUT2D eigenvalue weighted by Crippen LogP contribution is -2.27. The fourth-order valence-corrected chi connectivity index (χ4v) is 2.85. The molecule has 0 heterocycles. The van der Waals surface area contributed by atoms with Crippen molar-refractivity contribution in [2.75, 3.05) is 18.1 Å². The van der Waals surface area contributed by atoms with Crippen LogP contribution < -0.4 is 10.6 Å². The molecule has 0 fully saturated rings. The van der Waals surface area contributed by atoms with Crippen molar-refractivity contribution in [1.29, 1.82) is 0 Å². The molecule has 2 rings (SSSR count). The van der Waals surface area contributed by atoms with Crippen LogP contribution in [-0.2, 0) is 4.79 Å². The Hall–Kier alpha value is -1.50. The predicted octanol–water partition coefficient (Wildman–Crippen LogP) is 4.58. The zero-order valence-electron chi connectivity index (χ0n) is 12.9. The predicted molar refractivity (Wildman–Crippen MR) is 103 cm³/mol. The third-order valence-electron chi connectivity index (χ3n) is 3.18. The van der Waals surface area contributed by atoms with Gasteiger partial charge in [0.15, 0.2) is 0 Å². The van der Waals surface area contributed by atoms with E-state index in [1.807, 2.05) is 24.5 Å². The normalized spacial score (nSPS) is 10.3. The van der Waals surface area contributed by atoms with Crippen LogP contribution in [0.2, 0.25) is 5.02 Å². The fraction of sp³-hybridized carbons (Fsp3) is 0.176. The minimum absolute atomic E-state index is 0.165. The number of hydrogen-bond donors (Lipinski definition) is 2. The van der Waals surface area contributed by atoms with Gasteiger partial charge in [-0.3, -0.25) is 9.59 Å². The van der Waals surface area contributed by atoms with Crippen molar-refractivity contribution >= 4 is 56.8 Å². The van der Waals surface area contributed by atoms with Gasteiger partial charge in [-0.05, 0) is 48.7 Å². The molecule has 2 aromatic rings. The average molecular weight is 428 g/mol. The summed E-state index contributed by atoms with van der Waals surface area (Å²) >= 11 is 10.9. The van der Waals surface area contributed by atoms with Gasteiger partial charge >= 0.3 is 0 Å². The van der Waals surface area contributed by atoms with E-state index in [0.717, 1.165) is 9.37 Å². The maximum Gasteiger partial charge on any atom is 0.252 e. The molecule has 4 nitrogen and oxygen atoms in total. The Balaban J connectivity index is 1.84. The molecule has 2 N–H and O–H groups in total. The van der Waals surface area contributed by atoms with Crippen LogP contribution in [0.15, 0.2) is 51.8 Å². The van der Waals surface area contributed by atoms with Crippen LogP contribution >= 0.6 is 39.3 Å². The van der Waals surface area contributed by atoms with Crippen LogP contribution in [0.1, 0.15) is 16.8 Å². The maximum absolute atomic E-state index is 12.2. The highest BCUT2D eigenvalue weighted by atomic mass is 79.9. The summed E-state index contributed by atoms with van der Waals surface area (Å²) in [6.45, 7) is 0.237. The van der Waals surface area contributed by atoms with Gasteiger partial charge in [-0.25, -0.2) is 0 Å². The number of anilines is 1. The summed E-state index contributed by atoms with van der Waals surface area (Å²) in [5.74, 6) is -0.450. The standard InChI is InChI=1S/C17H16BrClN2O2S/c1-24-13-6-7-15(19)14(10-13)17(23)20-9-8-16(22)21-12-4-2-11(18)3-5-12/h2-7,10H,8-9H2,1H3,(H,20,23)(H,21,22). The summed E-state index contributed by atoms with van der Waals surface area (Å²) in [7, 11) is 0. The number of nitrogens with one attached hydrogen (secondary N) is 2. The van der Waals surface area contributed by atoms with Gasteiger partial charge in [-0.2, -0.15) is 0 Å². The number of rotatable bonds is 6. The van der Waals surface area contributed by atoms with E-state index in [1.54, 1.807) is 24.3 Å². The van der Waals surface area contributed by atoms with Gasteiger partial charge in [0.1, 0.15) is 0 Å². The Morgan fingerprint density at radius 2 is 1.88 bits per heavy atom. The Morgan fingerprint density at radius 1 is 1.17 bits per heavy atom. The number of carbonyl (C=O) groups is 2. The van der Waals surface area contributed by atoms with Gasteiger partial charge in [0, 0.05) is 28.0 Å². The van der Waals surface area contributed by atoms with Crippen molar-refractivity contribution < 1.29 is 9.59 Å². The quantitative estimate of drug-likeness (QED) is 0.663. The molecule has 0 bridgehead atoms. The monoisotopic (exact) mass is 426 g/mol. The first-order valence-corrected chi connectivity index (χ1v) is 9.56. The van der Waals surface area contributed by atoms with Crippen LogP contribution in [0, 0.1) is 0 Å². The van der Waals surface area contributed by atoms with E-state index in [9.17, 15) is 9.59 Å². The van der Waals surface area contributed by atoms with Crippen LogP contribution in [0.5, 0.6) is 0 Å². The largest absolute Gasteiger partial charge is 0.351 e. The number of thioether (sulfide) groups is 1. The molecule has 0 aliphatic heterocycles. The summed E-state index contributed by atoms with van der Waals surface area (Å²) < 4.78 is 0.942. The molecule has 2 amide bonds. The van der Waals surface area contributed by atoms with Gasteiger partial charge in [0.05, 0.1) is 10.6 Å². The molecule has 2 aromatic carbocycles. The molecule has 0 atom stereocenters. The van der Waals surface area contributed by atoms with Crippen molar-refractivity contribution in [2.24, 2.45) is 0 Å². The number of benzene rings is 2. The van der Waals surface area contributed by atoms with E-state index in [4.69, 9.17) is 11.6 Å². The lowest BCUT2D eigenvalue weighted by molar-refractivity contribution is -0.116. The molecule has 0 saturated heterocycles. The third-order valence-corrected chi connectivity index (χ3v) is 4.77. The van der Waals surface area contributed by atoms with Gasteiger partial charge in [-0.15, -0.1) is 11.8 Å². The average Bonchev–Trinajstić information content (AvgIpc) is 2.57. The molecule has 0 aliphatic rings. The zero-order chi connectivity index (χ0) is 17.5. The molecule has 0 aliphatic carbocycles. The minimum atomic E-state index is -0.285. The van der Waals surface area contributed by atoms with Crippen LogP contribution in [-0.4, -0.2) is 24.6 Å². The molecule has 126 valence electrons. The summed E-state index contributed by atoms with van der Waals surface area (Å²) in [5.41, 5.74) is 1.13. The molecule has 7 heteroatoms. The Labute approximate surface area is 158 Å². The van der Waals surface area contributed by atoms with E-state index in [0.29, 0.717) is 16.3 Å². The smallest absolute Gasteiger partial charge is 0.252 e. The topological polar surface area (TPSA) is 58.2 Å². The summed E-state index contributed by atoms with van der Waals surface area (Å²) in [6.07, 6.45) is 2.11. The Bertz CT molecular complexity index is 738. The molecule has 0 radical (unpaired) electrons. The van der Waals surface area contributed by atoms with E-state index < -0.39 is 0 Å². The van der Waals surface area contributed by atoms with E-state index in [2.05, 4.69) is 26.6 Å². The Kier molecular flexibility index (Phi) is 7.15. The number of halogens is 2. The first kappa shape index (κ1) is 18.8. The number of hydrogen-bond acceptors (Lipinski definition) is 3. The molecule has 0 unspecified atom stereocenters. The number of carbonyl (C=O) groups excluding carboxylic acids is 2. The molecule has 0 aromatic heterocycles. The second-order valence-corrected chi connectivity index (χ2v) is 7.11. The van der Waals surface area contributed by atoms with Gasteiger partial charge in [0.2, 0.25) is 5.91 Å². The Morgan fingerprint density at radius 3 is 2.54 bits per heavy atom. The van der Waals surface area contributed by atoms with E-state index >= 15 is 0 Å². The van der Waals surface area contributed by atoms with Gasteiger partial charge < -0.3 is 10.6 Å². The summed E-state index contributed by atoms with van der Waals surface area (Å²) in [6, 6.07) is 12.6. The maximum atomic E-state index is 12.2. The first-order chi connectivity index (χ1) is 11.5. The van der Waals surface area contributed by atoms with Crippen molar-refractivity contribution in [3.8, 4) is 0 Å². The lowest BCUT2D eigenvalue weighted by Gasteiger charge is -2.09. The fourth-order valence-electron chi connectivity index (χ4n) is 1.95. The van der Waals surface area contributed by atoms with E-state index in [-0.39, 0.29) is 24.8 Å². The summed E-state index contributed by atoms with van der Waals surface area (Å²) in [5, 5.41) is 5.88. The van der Waals surface area contributed by atoms with Crippen molar-refractivity contribution in [3.05, 3.63) is 57.5 Å². The minimum Gasteiger partial charge on any atom is -0.351 e.